The number of hydrogen-bond donors (Lipinski definition) is 1. The van der Waals surface area contributed by atoms with Crippen molar-refractivity contribution in [3.05, 3.63) is 0 Å². The SMILES string of the molecule is CCC(C)CNCCS(=O)(=O)CC1CC1. The quantitative estimate of drug-likeness (QED) is 0.645. The van der Waals surface area contributed by atoms with E-state index < -0.39 is 9.84 Å². The summed E-state index contributed by atoms with van der Waals surface area (Å²) in [6.07, 6.45) is 3.36. The standard InChI is InChI=1S/C11H23NO2S/c1-3-10(2)8-12-6-7-15(13,14)9-11-4-5-11/h10-12H,3-9H2,1-2H3. The van der Waals surface area contributed by atoms with Gasteiger partial charge in [0.1, 0.15) is 0 Å². The van der Waals surface area contributed by atoms with Gasteiger partial charge < -0.3 is 5.32 Å². The van der Waals surface area contributed by atoms with Crippen LogP contribution in [0.25, 0.3) is 0 Å². The molecule has 0 aromatic carbocycles. The van der Waals surface area contributed by atoms with Crippen molar-refractivity contribution in [3.8, 4) is 0 Å². The topological polar surface area (TPSA) is 46.2 Å². The lowest BCUT2D eigenvalue weighted by molar-refractivity contribution is 0.507. The van der Waals surface area contributed by atoms with E-state index in [0.717, 1.165) is 25.8 Å². The molecule has 1 N–H and O–H groups in total. The average molecular weight is 233 g/mol. The zero-order valence-electron chi connectivity index (χ0n) is 9.83. The number of hydrogen-bond acceptors (Lipinski definition) is 3. The van der Waals surface area contributed by atoms with E-state index in [1.165, 1.54) is 0 Å². The van der Waals surface area contributed by atoms with Crippen molar-refractivity contribution in [1.29, 1.82) is 0 Å². The molecule has 0 heterocycles. The Kier molecular flexibility index (Phi) is 5.06. The maximum Gasteiger partial charge on any atom is 0.151 e. The molecule has 1 saturated carbocycles. The zero-order chi connectivity index (χ0) is 11.3. The Morgan fingerprint density at radius 3 is 2.60 bits per heavy atom. The van der Waals surface area contributed by atoms with Gasteiger partial charge in [0.05, 0.1) is 11.5 Å². The van der Waals surface area contributed by atoms with Crippen molar-refractivity contribution in [2.75, 3.05) is 24.6 Å². The van der Waals surface area contributed by atoms with Crippen molar-refractivity contribution >= 4 is 9.84 Å². The molecule has 3 nitrogen and oxygen atoms in total. The highest BCUT2D eigenvalue weighted by Gasteiger charge is 2.27. The van der Waals surface area contributed by atoms with Gasteiger partial charge in [-0.2, -0.15) is 0 Å². The zero-order valence-corrected chi connectivity index (χ0v) is 10.6. The Morgan fingerprint density at radius 1 is 1.40 bits per heavy atom. The van der Waals surface area contributed by atoms with E-state index in [0.29, 0.717) is 29.9 Å². The smallest absolute Gasteiger partial charge is 0.151 e. The summed E-state index contributed by atoms with van der Waals surface area (Å²) in [5, 5.41) is 3.21. The molecule has 0 aromatic heterocycles. The van der Waals surface area contributed by atoms with E-state index in [9.17, 15) is 8.42 Å². The van der Waals surface area contributed by atoms with Gasteiger partial charge in [0.15, 0.2) is 9.84 Å². The van der Waals surface area contributed by atoms with Gasteiger partial charge in [-0.1, -0.05) is 20.3 Å². The molecule has 0 radical (unpaired) electrons. The van der Waals surface area contributed by atoms with E-state index in [-0.39, 0.29) is 0 Å². The van der Waals surface area contributed by atoms with Crippen LogP contribution in [-0.2, 0) is 9.84 Å². The lowest BCUT2D eigenvalue weighted by Gasteiger charge is -2.10. The largest absolute Gasteiger partial charge is 0.315 e. The number of nitrogens with one attached hydrogen (secondary N) is 1. The summed E-state index contributed by atoms with van der Waals surface area (Å²) >= 11 is 0. The van der Waals surface area contributed by atoms with Crippen LogP contribution in [0.1, 0.15) is 33.1 Å². The second kappa shape index (κ2) is 5.85. The molecule has 1 fully saturated rings. The average Bonchev–Trinajstić information content (AvgIpc) is 2.95. The van der Waals surface area contributed by atoms with E-state index in [4.69, 9.17) is 0 Å². The van der Waals surface area contributed by atoms with Crippen LogP contribution < -0.4 is 5.32 Å². The molecular formula is C11H23NO2S. The van der Waals surface area contributed by atoms with E-state index in [1.807, 2.05) is 0 Å². The van der Waals surface area contributed by atoms with Gasteiger partial charge >= 0.3 is 0 Å². The van der Waals surface area contributed by atoms with Crippen molar-refractivity contribution in [2.24, 2.45) is 11.8 Å². The molecule has 4 heteroatoms. The number of rotatable bonds is 8. The minimum Gasteiger partial charge on any atom is -0.315 e. The van der Waals surface area contributed by atoms with Crippen LogP contribution in [-0.4, -0.2) is 33.0 Å². The molecule has 1 aliphatic rings. The maximum absolute atomic E-state index is 11.6. The van der Waals surface area contributed by atoms with Crippen LogP contribution in [0.4, 0.5) is 0 Å². The van der Waals surface area contributed by atoms with Crippen LogP contribution in [0, 0.1) is 11.8 Å². The molecule has 1 aliphatic carbocycles. The molecule has 90 valence electrons. The highest BCUT2D eigenvalue weighted by atomic mass is 32.2. The van der Waals surface area contributed by atoms with Gasteiger partial charge in [0.2, 0.25) is 0 Å². The molecule has 0 bridgehead atoms. The highest BCUT2D eigenvalue weighted by Crippen LogP contribution is 2.30. The first-order valence-corrected chi connectivity index (χ1v) is 7.76. The fraction of sp³-hybridized carbons (Fsp3) is 1.00. The van der Waals surface area contributed by atoms with E-state index in [2.05, 4.69) is 19.2 Å². The van der Waals surface area contributed by atoms with Crippen LogP contribution in [0.3, 0.4) is 0 Å². The first-order valence-electron chi connectivity index (χ1n) is 5.94. The molecule has 0 aromatic rings. The Bertz CT molecular complexity index is 270. The molecule has 1 rings (SSSR count). The summed E-state index contributed by atoms with van der Waals surface area (Å²) < 4.78 is 23.1. The Hall–Kier alpha value is -0.0900. The van der Waals surface area contributed by atoms with Gasteiger partial charge in [-0.25, -0.2) is 8.42 Å². The van der Waals surface area contributed by atoms with Gasteiger partial charge in [0, 0.05) is 6.54 Å². The molecule has 0 saturated heterocycles. The van der Waals surface area contributed by atoms with Gasteiger partial charge in [-0.05, 0) is 31.2 Å². The van der Waals surface area contributed by atoms with Crippen LogP contribution in [0.2, 0.25) is 0 Å². The van der Waals surface area contributed by atoms with Gasteiger partial charge in [-0.3, -0.25) is 0 Å². The maximum atomic E-state index is 11.6. The summed E-state index contributed by atoms with van der Waals surface area (Å²) in [7, 11) is -2.79. The molecule has 1 unspecified atom stereocenters. The van der Waals surface area contributed by atoms with E-state index in [1.54, 1.807) is 0 Å². The summed E-state index contributed by atoms with van der Waals surface area (Å²) in [6, 6.07) is 0. The highest BCUT2D eigenvalue weighted by molar-refractivity contribution is 7.91. The molecule has 15 heavy (non-hydrogen) atoms. The Balaban J connectivity index is 2.07. The van der Waals surface area contributed by atoms with Crippen LogP contribution in [0.5, 0.6) is 0 Å². The Morgan fingerprint density at radius 2 is 2.07 bits per heavy atom. The lowest BCUT2D eigenvalue weighted by atomic mass is 10.1. The molecular weight excluding hydrogens is 210 g/mol. The van der Waals surface area contributed by atoms with Crippen LogP contribution >= 0.6 is 0 Å². The third kappa shape index (κ3) is 6.15. The van der Waals surface area contributed by atoms with Gasteiger partial charge in [-0.15, -0.1) is 0 Å². The summed E-state index contributed by atoms with van der Waals surface area (Å²) in [6.45, 7) is 5.86. The first kappa shape index (κ1) is 13.0. The number of sulfone groups is 1. The summed E-state index contributed by atoms with van der Waals surface area (Å²) in [4.78, 5) is 0. The molecule has 0 aliphatic heterocycles. The minimum atomic E-state index is -2.79. The lowest BCUT2D eigenvalue weighted by Crippen LogP contribution is -2.28. The molecule has 0 amide bonds. The van der Waals surface area contributed by atoms with Crippen LogP contribution in [0.15, 0.2) is 0 Å². The third-order valence-corrected chi connectivity index (χ3v) is 4.77. The molecule has 1 atom stereocenters. The monoisotopic (exact) mass is 233 g/mol. The second-order valence-electron chi connectivity index (χ2n) is 4.78. The van der Waals surface area contributed by atoms with Crippen molar-refractivity contribution in [3.63, 3.8) is 0 Å². The predicted octanol–water partition coefficient (Wildman–Crippen LogP) is 1.45. The summed E-state index contributed by atoms with van der Waals surface area (Å²) in [5.74, 6) is 1.83. The van der Waals surface area contributed by atoms with Crippen molar-refractivity contribution < 1.29 is 8.42 Å². The minimum absolute atomic E-state index is 0.305. The predicted molar refractivity (Wildman–Crippen MR) is 63.7 cm³/mol. The fourth-order valence-corrected chi connectivity index (χ4v) is 3.12. The summed E-state index contributed by atoms with van der Waals surface area (Å²) in [5.41, 5.74) is 0. The third-order valence-electron chi connectivity index (χ3n) is 2.97. The molecule has 0 spiro atoms. The fourth-order valence-electron chi connectivity index (χ4n) is 1.45. The van der Waals surface area contributed by atoms with E-state index >= 15 is 0 Å². The second-order valence-corrected chi connectivity index (χ2v) is 7.00. The normalized spacial score (nSPS) is 19.1. The van der Waals surface area contributed by atoms with Crippen molar-refractivity contribution in [2.45, 2.75) is 33.1 Å². The van der Waals surface area contributed by atoms with Gasteiger partial charge in [0.25, 0.3) is 0 Å². The van der Waals surface area contributed by atoms with Crippen molar-refractivity contribution in [1.82, 2.24) is 5.32 Å². The Labute approximate surface area is 93.6 Å². The first-order chi connectivity index (χ1) is 7.03.